The predicted octanol–water partition coefficient (Wildman–Crippen LogP) is 2.90. The number of ether oxygens (including phenoxy) is 3. The number of amides is 2. The van der Waals surface area contributed by atoms with Crippen LogP contribution in [0.2, 0.25) is 0 Å². The van der Waals surface area contributed by atoms with Crippen LogP contribution >= 0.6 is 0 Å². The van der Waals surface area contributed by atoms with Crippen LogP contribution in [0.1, 0.15) is 22.8 Å². The van der Waals surface area contributed by atoms with Crippen LogP contribution in [-0.2, 0) is 14.3 Å². The number of rotatable bonds is 8. The molecular weight excluding hydrogens is 400 g/mol. The number of methoxy groups -OCH3 is 1. The Labute approximate surface area is 179 Å². The predicted molar refractivity (Wildman–Crippen MR) is 115 cm³/mol. The van der Waals surface area contributed by atoms with E-state index < -0.39 is 17.8 Å². The minimum atomic E-state index is -0.537. The van der Waals surface area contributed by atoms with Gasteiger partial charge in [-0.2, -0.15) is 0 Å². The van der Waals surface area contributed by atoms with Crippen LogP contribution in [-0.4, -0.2) is 38.1 Å². The lowest BCUT2D eigenvalue weighted by Gasteiger charge is -2.14. The Morgan fingerprint density at radius 1 is 1.13 bits per heavy atom. The van der Waals surface area contributed by atoms with E-state index in [-0.39, 0.29) is 12.2 Å². The molecule has 8 nitrogen and oxygen atoms in total. The summed E-state index contributed by atoms with van der Waals surface area (Å²) in [5, 5.41) is 1.13. The van der Waals surface area contributed by atoms with E-state index in [2.05, 4.69) is 12.0 Å². The second-order valence-electron chi connectivity index (χ2n) is 6.42. The topological polar surface area (TPSA) is 94.2 Å². The summed E-state index contributed by atoms with van der Waals surface area (Å²) in [7, 11) is 1.50. The summed E-state index contributed by atoms with van der Waals surface area (Å²) in [5.41, 5.74) is 3.86. The van der Waals surface area contributed by atoms with Gasteiger partial charge in [-0.05, 0) is 55.0 Å². The molecule has 1 aliphatic heterocycles. The molecule has 0 bridgehead atoms. The number of carbonyl (C=O) groups is 3. The number of hydrogen-bond donors (Lipinski definition) is 1. The number of nitrogens with one attached hydrogen (secondary N) is 1. The van der Waals surface area contributed by atoms with E-state index in [1.54, 1.807) is 43.3 Å². The van der Waals surface area contributed by atoms with Crippen molar-refractivity contribution in [3.63, 3.8) is 0 Å². The Hall–Kier alpha value is -4.07. The van der Waals surface area contributed by atoms with Crippen LogP contribution in [0, 0.1) is 0 Å². The minimum Gasteiger partial charge on any atom is -0.493 e. The lowest BCUT2D eigenvalue weighted by Crippen LogP contribution is -2.35. The van der Waals surface area contributed by atoms with Gasteiger partial charge in [-0.25, -0.2) is 9.80 Å². The zero-order chi connectivity index (χ0) is 22.4. The van der Waals surface area contributed by atoms with Crippen molar-refractivity contribution in [2.45, 2.75) is 6.92 Å². The second-order valence-corrected chi connectivity index (χ2v) is 6.42. The third-order valence-electron chi connectivity index (χ3n) is 4.38. The summed E-state index contributed by atoms with van der Waals surface area (Å²) >= 11 is 0. The largest absolute Gasteiger partial charge is 0.493 e. The summed E-state index contributed by atoms with van der Waals surface area (Å²) in [6.07, 6.45) is 3.09. The number of hydrogen-bond acceptors (Lipinski definition) is 6. The van der Waals surface area contributed by atoms with Crippen molar-refractivity contribution in [2.24, 2.45) is 0 Å². The minimum absolute atomic E-state index is 0.0312. The molecule has 8 heteroatoms. The third-order valence-corrected chi connectivity index (χ3v) is 4.38. The number of hydrazine groups is 1. The average Bonchev–Trinajstić information content (AvgIpc) is 3.06. The Bertz CT molecular complexity index is 1040. The van der Waals surface area contributed by atoms with Crippen LogP contribution in [0.4, 0.5) is 5.69 Å². The quantitative estimate of drug-likeness (QED) is 0.304. The first-order valence-corrected chi connectivity index (χ1v) is 9.54. The van der Waals surface area contributed by atoms with E-state index in [0.29, 0.717) is 34.9 Å². The van der Waals surface area contributed by atoms with E-state index in [1.807, 2.05) is 0 Å². The zero-order valence-electron chi connectivity index (χ0n) is 17.2. The normalized spacial score (nSPS) is 14.4. The van der Waals surface area contributed by atoms with E-state index in [4.69, 9.17) is 14.2 Å². The first-order valence-electron chi connectivity index (χ1n) is 9.54. The van der Waals surface area contributed by atoms with Gasteiger partial charge in [-0.1, -0.05) is 18.7 Å². The summed E-state index contributed by atoms with van der Waals surface area (Å²) in [5.74, 6) is -0.519. The first kappa shape index (κ1) is 21.6. The van der Waals surface area contributed by atoms with Crippen LogP contribution in [0.15, 0.2) is 60.7 Å². The van der Waals surface area contributed by atoms with Crippen molar-refractivity contribution in [1.82, 2.24) is 5.43 Å². The van der Waals surface area contributed by atoms with Crippen LogP contribution in [0.3, 0.4) is 0 Å². The van der Waals surface area contributed by atoms with Gasteiger partial charge in [0, 0.05) is 0 Å². The summed E-state index contributed by atoms with van der Waals surface area (Å²) < 4.78 is 15.8. The first-order chi connectivity index (χ1) is 15.0. The van der Waals surface area contributed by atoms with Crippen LogP contribution in [0.25, 0.3) is 6.08 Å². The third kappa shape index (κ3) is 4.75. The molecule has 160 valence electrons. The highest BCUT2D eigenvalue weighted by atomic mass is 16.5. The lowest BCUT2D eigenvalue weighted by molar-refractivity contribution is -0.117. The van der Waals surface area contributed by atoms with Crippen molar-refractivity contribution in [1.29, 1.82) is 0 Å². The number of esters is 1. The monoisotopic (exact) mass is 422 g/mol. The van der Waals surface area contributed by atoms with E-state index >= 15 is 0 Å². The molecule has 31 heavy (non-hydrogen) atoms. The van der Waals surface area contributed by atoms with Gasteiger partial charge in [-0.3, -0.25) is 15.0 Å². The molecule has 2 amide bonds. The molecule has 2 aromatic carbocycles. The van der Waals surface area contributed by atoms with E-state index in [0.717, 1.165) is 5.01 Å². The fraction of sp³-hybridized carbons (Fsp3) is 0.174. The Morgan fingerprint density at radius 2 is 1.87 bits per heavy atom. The van der Waals surface area contributed by atoms with Crippen molar-refractivity contribution in [2.75, 3.05) is 25.3 Å². The van der Waals surface area contributed by atoms with Gasteiger partial charge in [0.2, 0.25) is 0 Å². The zero-order valence-corrected chi connectivity index (χ0v) is 17.2. The van der Waals surface area contributed by atoms with Crippen molar-refractivity contribution < 1.29 is 28.6 Å². The molecule has 0 radical (unpaired) electrons. The maximum atomic E-state index is 12.8. The summed E-state index contributed by atoms with van der Waals surface area (Å²) in [6, 6.07) is 11.2. The molecule has 1 aliphatic rings. The molecule has 3 rings (SSSR count). The SMILES string of the molecule is C=CCOc1ccc(/C=C2\C(=O)NN(c3ccc(C(=O)OCC)cc3)C2=O)cc1OC. The maximum absolute atomic E-state index is 12.8. The highest BCUT2D eigenvalue weighted by molar-refractivity contribution is 6.31. The van der Waals surface area contributed by atoms with Gasteiger partial charge in [-0.15, -0.1) is 0 Å². The molecule has 0 aromatic heterocycles. The second kappa shape index (κ2) is 9.62. The highest BCUT2D eigenvalue weighted by Gasteiger charge is 2.34. The Morgan fingerprint density at radius 3 is 2.52 bits per heavy atom. The van der Waals surface area contributed by atoms with Crippen molar-refractivity contribution in [3.8, 4) is 11.5 Å². The number of carbonyl (C=O) groups excluding carboxylic acids is 3. The van der Waals surface area contributed by atoms with Gasteiger partial charge < -0.3 is 14.2 Å². The van der Waals surface area contributed by atoms with Crippen molar-refractivity contribution in [3.05, 3.63) is 71.8 Å². The molecule has 0 saturated carbocycles. The van der Waals surface area contributed by atoms with Gasteiger partial charge in [0.1, 0.15) is 12.2 Å². The molecule has 0 spiro atoms. The molecule has 1 N–H and O–H groups in total. The lowest BCUT2D eigenvalue weighted by atomic mass is 10.1. The van der Waals surface area contributed by atoms with Gasteiger partial charge in [0.05, 0.1) is 25.0 Å². The molecule has 1 saturated heterocycles. The Balaban J connectivity index is 1.82. The summed E-state index contributed by atoms with van der Waals surface area (Å²) in [4.78, 5) is 37.0. The summed E-state index contributed by atoms with van der Waals surface area (Å²) in [6.45, 7) is 5.91. The van der Waals surface area contributed by atoms with E-state index in [1.165, 1.54) is 25.3 Å². The Kier molecular flexibility index (Phi) is 6.71. The fourth-order valence-corrected chi connectivity index (χ4v) is 2.91. The molecular formula is C23H22N2O6. The van der Waals surface area contributed by atoms with Crippen molar-refractivity contribution >= 4 is 29.5 Å². The smallest absolute Gasteiger partial charge is 0.338 e. The number of benzene rings is 2. The molecule has 1 fully saturated rings. The molecule has 2 aromatic rings. The fourth-order valence-electron chi connectivity index (χ4n) is 2.91. The molecule has 0 atom stereocenters. The number of anilines is 1. The highest BCUT2D eigenvalue weighted by Crippen LogP contribution is 2.30. The van der Waals surface area contributed by atoms with Gasteiger partial charge in [0.25, 0.3) is 11.8 Å². The standard InChI is InChI=1S/C23H22N2O6/c1-4-12-31-19-11-6-15(14-20(19)29-3)13-18-21(26)24-25(22(18)27)17-9-7-16(8-10-17)23(28)30-5-2/h4,6-11,13-14H,1,5,12H2,2-3H3,(H,24,26)/b18-13+. The maximum Gasteiger partial charge on any atom is 0.338 e. The average molecular weight is 422 g/mol. The molecule has 1 heterocycles. The van der Waals surface area contributed by atoms with E-state index in [9.17, 15) is 14.4 Å². The van der Waals surface area contributed by atoms with Crippen LogP contribution < -0.4 is 19.9 Å². The van der Waals surface area contributed by atoms with Gasteiger partial charge in [0.15, 0.2) is 11.5 Å². The number of nitrogens with zero attached hydrogens (tertiary/aromatic N) is 1. The molecule has 0 unspecified atom stereocenters. The van der Waals surface area contributed by atoms with Gasteiger partial charge >= 0.3 is 5.97 Å². The van der Waals surface area contributed by atoms with Crippen LogP contribution in [0.5, 0.6) is 11.5 Å². The molecule has 0 aliphatic carbocycles.